The molecule has 0 nitrogen and oxygen atoms in total. The predicted molar refractivity (Wildman–Crippen MR) is 78.4 cm³/mol. The summed E-state index contributed by atoms with van der Waals surface area (Å²) >= 11 is 5.73. The fraction of sp³-hybridized carbons (Fsp3) is 1.00. The summed E-state index contributed by atoms with van der Waals surface area (Å²) in [7, 11) is -2.64. The van der Waals surface area contributed by atoms with Crippen LogP contribution in [0.3, 0.4) is 0 Å². The summed E-state index contributed by atoms with van der Waals surface area (Å²) < 4.78 is 3.46. The second-order valence-electron chi connectivity index (χ2n) is 4.76. The van der Waals surface area contributed by atoms with Gasteiger partial charge in [-0.2, -0.15) is 0 Å². The Kier molecular flexibility index (Phi) is 3.60. The van der Waals surface area contributed by atoms with Crippen molar-refractivity contribution in [3.05, 3.63) is 0 Å². The number of hydrogen-bond donors (Lipinski definition) is 0. The van der Waals surface area contributed by atoms with E-state index in [2.05, 4.69) is 63.6 Å². The van der Waals surface area contributed by atoms with E-state index in [-0.39, 0.29) is 0 Å². The van der Waals surface area contributed by atoms with Gasteiger partial charge in [0.2, 0.25) is 0 Å². The van der Waals surface area contributed by atoms with Crippen LogP contribution in [0.2, 0.25) is 34.4 Å². The van der Waals surface area contributed by atoms with E-state index in [9.17, 15) is 0 Å². The Bertz CT molecular complexity index is 161. The van der Waals surface area contributed by atoms with Crippen molar-refractivity contribution in [2.45, 2.75) is 34.4 Å². The van der Waals surface area contributed by atoms with E-state index in [1.165, 1.54) is 0 Å². The molecule has 0 aliphatic carbocycles. The zero-order chi connectivity index (χ0) is 8.91. The van der Waals surface area contributed by atoms with Gasteiger partial charge in [-0.05, 0) is 0 Å². The summed E-state index contributed by atoms with van der Waals surface area (Å²) in [6.45, 7) is 10.6. The van der Waals surface area contributed by atoms with E-state index in [4.69, 9.17) is 0 Å². The first-order valence-corrected chi connectivity index (χ1v) is 28.1. The zero-order valence-corrected chi connectivity index (χ0v) is 16.2. The summed E-state index contributed by atoms with van der Waals surface area (Å²) in [5.41, 5.74) is 0. The number of halogens is 2. The summed E-state index contributed by atoms with van der Waals surface area (Å²) in [5.74, 6) is 0. The van der Waals surface area contributed by atoms with E-state index in [0.717, 1.165) is 0 Å². The molecule has 1 heterocycles. The van der Waals surface area contributed by atoms with Crippen molar-refractivity contribution in [3.8, 4) is 0 Å². The van der Waals surface area contributed by atoms with Crippen LogP contribution in [0.4, 0.5) is 0 Å². The van der Waals surface area contributed by atoms with Gasteiger partial charge in [0.15, 0.2) is 0 Å². The first-order valence-electron chi connectivity index (χ1n) is 3.84. The molecule has 0 radical (unpaired) electrons. The van der Waals surface area contributed by atoms with E-state index in [1.54, 1.807) is 8.18 Å². The third-order valence-electron chi connectivity index (χ3n) is 2.98. The van der Waals surface area contributed by atoms with Gasteiger partial charge in [0.05, 0.1) is 0 Å². The molecular formula is C6H16I2Si2Te. The van der Waals surface area contributed by atoms with E-state index >= 15 is 0 Å². The molecule has 1 aliphatic heterocycles. The minimum absolute atomic E-state index is 0.695. The average molecular weight is 526 g/mol. The quantitative estimate of drug-likeness (QED) is 0.333. The van der Waals surface area contributed by atoms with Crippen LogP contribution < -0.4 is 0 Å². The van der Waals surface area contributed by atoms with Crippen molar-refractivity contribution in [2.24, 2.45) is 0 Å². The van der Waals surface area contributed by atoms with Gasteiger partial charge in [-0.1, -0.05) is 0 Å². The Labute approximate surface area is 95.4 Å². The Morgan fingerprint density at radius 3 is 1.27 bits per heavy atom. The maximum absolute atomic E-state index is 2.86. The Morgan fingerprint density at radius 1 is 0.909 bits per heavy atom. The summed E-state index contributed by atoms with van der Waals surface area (Å²) in [6.07, 6.45) is 0. The van der Waals surface area contributed by atoms with Crippen LogP contribution >= 0.6 is 37.4 Å². The van der Waals surface area contributed by atoms with Gasteiger partial charge >= 0.3 is 97.2 Å². The molecule has 0 aromatic carbocycles. The second kappa shape index (κ2) is 3.36. The molecular weight excluding hydrogens is 510 g/mol. The molecule has 0 bridgehead atoms. The Morgan fingerprint density at radius 2 is 1.18 bits per heavy atom. The summed E-state index contributed by atoms with van der Waals surface area (Å²) in [4.78, 5) is 0. The SMILES string of the molecule is C[Si]1(C)C[Te](I)(I)C[Si]1(C)C. The van der Waals surface area contributed by atoms with Crippen LogP contribution in [0.5, 0.6) is 0 Å². The van der Waals surface area contributed by atoms with Crippen LogP contribution in [0.15, 0.2) is 0 Å². The van der Waals surface area contributed by atoms with Crippen molar-refractivity contribution < 1.29 is 0 Å². The first-order chi connectivity index (χ1) is 4.66. The Balaban J connectivity index is 2.89. The molecule has 0 unspecified atom stereocenters. The summed E-state index contributed by atoms with van der Waals surface area (Å²) in [5, 5.41) is 0. The van der Waals surface area contributed by atoms with Crippen molar-refractivity contribution in [1.82, 2.24) is 0 Å². The third kappa shape index (κ3) is 2.58. The van der Waals surface area contributed by atoms with Crippen LogP contribution in [-0.4, -0.2) is 25.5 Å². The molecule has 0 aromatic rings. The monoisotopic (exact) mass is 528 g/mol. The predicted octanol–water partition coefficient (Wildman–Crippen LogP) is 3.89. The molecule has 0 aromatic heterocycles. The van der Waals surface area contributed by atoms with Gasteiger partial charge in [-0.3, -0.25) is 0 Å². The average Bonchev–Trinajstić information content (AvgIpc) is 1.66. The van der Waals surface area contributed by atoms with Crippen LogP contribution in [0.1, 0.15) is 0 Å². The third-order valence-corrected chi connectivity index (χ3v) is 70.4. The normalized spacial score (nSPS) is 35.1. The fourth-order valence-corrected chi connectivity index (χ4v) is 144. The van der Waals surface area contributed by atoms with Gasteiger partial charge < -0.3 is 0 Å². The molecule has 0 spiro atoms. The van der Waals surface area contributed by atoms with Crippen LogP contribution in [0, 0.1) is 0 Å². The Hall–Kier alpha value is 2.68. The summed E-state index contributed by atoms with van der Waals surface area (Å²) in [6, 6.07) is 0. The van der Waals surface area contributed by atoms with Crippen molar-refractivity contribution >= 4 is 62.9 Å². The molecule has 0 amide bonds. The molecule has 0 N–H and O–H groups in total. The minimum atomic E-state index is -1.25. The van der Waals surface area contributed by atoms with Gasteiger partial charge in [-0.15, -0.1) is 0 Å². The van der Waals surface area contributed by atoms with Gasteiger partial charge in [-0.25, -0.2) is 0 Å². The van der Waals surface area contributed by atoms with Crippen molar-refractivity contribution in [3.63, 3.8) is 0 Å². The van der Waals surface area contributed by atoms with E-state index in [1.807, 2.05) is 0 Å². The van der Waals surface area contributed by atoms with E-state index < -0.39 is 25.5 Å². The standard InChI is InChI=1S/C6H16I2Si2Te/c1-9(2)5-11(7,8)6-10(9,3)4/h5-6H2,1-4H3. The molecule has 0 saturated carbocycles. The molecule has 68 valence electrons. The van der Waals surface area contributed by atoms with Crippen LogP contribution in [-0.2, 0) is 0 Å². The fourth-order valence-electron chi connectivity index (χ4n) is 1.50. The second-order valence-corrected chi connectivity index (χ2v) is 63.8. The first kappa shape index (κ1) is 11.8. The van der Waals surface area contributed by atoms with Crippen molar-refractivity contribution in [2.75, 3.05) is 0 Å². The molecule has 1 aliphatic rings. The van der Waals surface area contributed by atoms with Gasteiger partial charge in [0.1, 0.15) is 0 Å². The number of hydrogen-bond acceptors (Lipinski definition) is 0. The molecule has 1 rings (SSSR count). The topological polar surface area (TPSA) is 0 Å². The van der Waals surface area contributed by atoms with Crippen molar-refractivity contribution in [1.29, 1.82) is 0 Å². The van der Waals surface area contributed by atoms with Gasteiger partial charge in [0.25, 0.3) is 0 Å². The number of rotatable bonds is 0. The molecule has 11 heavy (non-hydrogen) atoms. The van der Waals surface area contributed by atoms with Crippen LogP contribution in [0.25, 0.3) is 0 Å². The maximum atomic E-state index is 2.86. The van der Waals surface area contributed by atoms with Gasteiger partial charge in [0, 0.05) is 0 Å². The molecule has 0 atom stereocenters. The molecule has 1 fully saturated rings. The zero-order valence-electron chi connectivity index (χ0n) is 7.58. The molecule has 1 saturated heterocycles. The molecule has 5 heteroatoms. The van der Waals surface area contributed by atoms with E-state index in [0.29, 0.717) is 0 Å².